The summed E-state index contributed by atoms with van der Waals surface area (Å²) in [5, 5.41) is 8.59. The van der Waals surface area contributed by atoms with Gasteiger partial charge in [0.15, 0.2) is 14.6 Å². The van der Waals surface area contributed by atoms with E-state index in [9.17, 15) is 13.2 Å². The molecule has 0 aliphatic rings. The maximum absolute atomic E-state index is 10.9. The molecule has 0 heterocycles. The molecule has 11 heavy (non-hydrogen) atoms. The SMILES string of the molecule is CCC(C)(C(=O)O)S(C)(=O)=O. The van der Waals surface area contributed by atoms with Gasteiger partial charge >= 0.3 is 5.97 Å². The number of carbonyl (C=O) groups is 1. The van der Waals surface area contributed by atoms with Gasteiger partial charge in [0, 0.05) is 6.26 Å². The molecule has 1 atom stereocenters. The molecule has 4 nitrogen and oxygen atoms in total. The van der Waals surface area contributed by atoms with Crippen molar-refractivity contribution in [3.8, 4) is 0 Å². The summed E-state index contributed by atoms with van der Waals surface area (Å²) in [6.45, 7) is 2.75. The van der Waals surface area contributed by atoms with E-state index in [-0.39, 0.29) is 6.42 Å². The van der Waals surface area contributed by atoms with E-state index in [1.54, 1.807) is 0 Å². The van der Waals surface area contributed by atoms with Gasteiger partial charge in [-0.25, -0.2) is 8.42 Å². The summed E-state index contributed by atoms with van der Waals surface area (Å²) < 4.78 is 20.3. The highest BCUT2D eigenvalue weighted by Gasteiger charge is 2.41. The maximum atomic E-state index is 10.9. The minimum Gasteiger partial charge on any atom is -0.480 e. The van der Waals surface area contributed by atoms with E-state index in [1.165, 1.54) is 13.8 Å². The Balaban J connectivity index is 5.09. The minimum absolute atomic E-state index is 0.0845. The van der Waals surface area contributed by atoms with Crippen molar-refractivity contribution in [2.45, 2.75) is 25.0 Å². The van der Waals surface area contributed by atoms with E-state index >= 15 is 0 Å². The van der Waals surface area contributed by atoms with Gasteiger partial charge in [-0.2, -0.15) is 0 Å². The molecule has 0 bridgehead atoms. The lowest BCUT2D eigenvalue weighted by Gasteiger charge is -2.19. The van der Waals surface area contributed by atoms with Gasteiger partial charge < -0.3 is 5.11 Å². The zero-order valence-corrected chi connectivity index (χ0v) is 7.60. The monoisotopic (exact) mass is 180 g/mol. The summed E-state index contributed by atoms with van der Waals surface area (Å²) in [5.41, 5.74) is 0. The Kier molecular flexibility index (Phi) is 2.66. The molecular formula is C6H12O4S. The van der Waals surface area contributed by atoms with E-state index in [0.29, 0.717) is 0 Å². The molecule has 0 aliphatic heterocycles. The van der Waals surface area contributed by atoms with Gasteiger partial charge in [-0.05, 0) is 13.3 Å². The highest BCUT2D eigenvalue weighted by molar-refractivity contribution is 7.92. The Labute approximate surface area is 66.1 Å². The lowest BCUT2D eigenvalue weighted by Crippen LogP contribution is -2.42. The quantitative estimate of drug-likeness (QED) is 0.677. The molecule has 0 rings (SSSR count). The van der Waals surface area contributed by atoms with Crippen molar-refractivity contribution in [1.82, 2.24) is 0 Å². The molecular weight excluding hydrogens is 168 g/mol. The summed E-state index contributed by atoms with van der Waals surface area (Å²) in [7, 11) is -3.51. The number of rotatable bonds is 3. The lowest BCUT2D eigenvalue weighted by atomic mass is 10.1. The van der Waals surface area contributed by atoms with Crippen LogP contribution < -0.4 is 0 Å². The van der Waals surface area contributed by atoms with Gasteiger partial charge in [0.25, 0.3) is 0 Å². The molecule has 0 amide bonds. The number of hydrogen-bond acceptors (Lipinski definition) is 3. The highest BCUT2D eigenvalue weighted by Crippen LogP contribution is 2.20. The number of carboxylic acids is 1. The molecule has 1 N–H and O–H groups in total. The first-order valence-electron chi connectivity index (χ1n) is 3.18. The maximum Gasteiger partial charge on any atom is 0.324 e. The first-order chi connectivity index (χ1) is 4.75. The molecule has 0 saturated heterocycles. The zero-order chi connectivity index (χ0) is 9.28. The highest BCUT2D eigenvalue weighted by atomic mass is 32.2. The zero-order valence-electron chi connectivity index (χ0n) is 6.79. The summed E-state index contributed by atoms with van der Waals surface area (Å²) >= 11 is 0. The predicted octanol–water partition coefficient (Wildman–Crippen LogP) is 0.284. The van der Waals surface area contributed by atoms with E-state index in [2.05, 4.69) is 0 Å². The van der Waals surface area contributed by atoms with Crippen LogP contribution in [0.1, 0.15) is 20.3 Å². The Hall–Kier alpha value is -0.580. The van der Waals surface area contributed by atoms with Crippen LogP contribution in [0, 0.1) is 0 Å². The molecule has 66 valence electrons. The molecule has 0 aliphatic carbocycles. The second-order valence-electron chi connectivity index (χ2n) is 2.66. The number of carboxylic acid groups (broad SMARTS) is 1. The molecule has 0 aromatic heterocycles. The molecule has 0 aromatic carbocycles. The molecule has 0 aromatic rings. The van der Waals surface area contributed by atoms with Crippen molar-refractivity contribution < 1.29 is 18.3 Å². The van der Waals surface area contributed by atoms with Crippen molar-refractivity contribution in [3.63, 3.8) is 0 Å². The van der Waals surface area contributed by atoms with E-state index < -0.39 is 20.6 Å². The Morgan fingerprint density at radius 1 is 1.55 bits per heavy atom. The average Bonchev–Trinajstić information content (AvgIpc) is 1.83. The predicted molar refractivity (Wildman–Crippen MR) is 41.2 cm³/mol. The third-order valence-corrected chi connectivity index (χ3v) is 4.05. The van der Waals surface area contributed by atoms with E-state index in [0.717, 1.165) is 6.26 Å². The molecule has 0 radical (unpaired) electrons. The summed E-state index contributed by atoms with van der Waals surface area (Å²) in [6, 6.07) is 0. The summed E-state index contributed by atoms with van der Waals surface area (Å²) in [5.74, 6) is -1.29. The molecule has 0 fully saturated rings. The van der Waals surface area contributed by atoms with Gasteiger partial charge in [-0.15, -0.1) is 0 Å². The van der Waals surface area contributed by atoms with Crippen LogP contribution in [0.15, 0.2) is 0 Å². The fourth-order valence-corrected chi connectivity index (χ4v) is 1.41. The number of sulfone groups is 1. The van der Waals surface area contributed by atoms with Gasteiger partial charge in [-0.1, -0.05) is 6.92 Å². The Morgan fingerprint density at radius 2 is 1.91 bits per heavy atom. The normalized spacial score (nSPS) is 17.4. The van der Waals surface area contributed by atoms with Crippen molar-refractivity contribution in [1.29, 1.82) is 0 Å². The fraction of sp³-hybridized carbons (Fsp3) is 0.833. The summed E-state index contributed by atoms with van der Waals surface area (Å²) in [6.07, 6.45) is 1.02. The van der Waals surface area contributed by atoms with E-state index in [1.807, 2.05) is 0 Å². The standard InChI is InChI=1S/C6H12O4S/c1-4-6(2,5(7)8)11(3,9)10/h4H2,1-3H3,(H,7,8). The summed E-state index contributed by atoms with van der Waals surface area (Å²) in [4.78, 5) is 10.5. The Bertz CT molecular complexity index is 254. The van der Waals surface area contributed by atoms with Crippen molar-refractivity contribution in [3.05, 3.63) is 0 Å². The van der Waals surface area contributed by atoms with Crippen LogP contribution in [0.25, 0.3) is 0 Å². The van der Waals surface area contributed by atoms with Crippen LogP contribution in [-0.4, -0.2) is 30.5 Å². The van der Waals surface area contributed by atoms with Crippen molar-refractivity contribution in [2.75, 3.05) is 6.26 Å². The molecule has 1 unspecified atom stereocenters. The van der Waals surface area contributed by atoms with Crippen molar-refractivity contribution >= 4 is 15.8 Å². The van der Waals surface area contributed by atoms with Crippen LogP contribution in [0.4, 0.5) is 0 Å². The van der Waals surface area contributed by atoms with Gasteiger partial charge in [0.05, 0.1) is 0 Å². The molecule has 0 saturated carbocycles. The largest absolute Gasteiger partial charge is 0.480 e. The van der Waals surface area contributed by atoms with Gasteiger partial charge in [-0.3, -0.25) is 4.79 Å². The van der Waals surface area contributed by atoms with Gasteiger partial charge in [0.2, 0.25) is 0 Å². The van der Waals surface area contributed by atoms with Crippen LogP contribution in [0.5, 0.6) is 0 Å². The first kappa shape index (κ1) is 10.4. The van der Waals surface area contributed by atoms with Gasteiger partial charge in [0.1, 0.15) is 0 Å². The fourth-order valence-electron chi connectivity index (χ4n) is 0.572. The van der Waals surface area contributed by atoms with E-state index in [4.69, 9.17) is 5.11 Å². The second-order valence-corrected chi connectivity index (χ2v) is 5.11. The average molecular weight is 180 g/mol. The second kappa shape index (κ2) is 2.81. The van der Waals surface area contributed by atoms with Crippen LogP contribution >= 0.6 is 0 Å². The van der Waals surface area contributed by atoms with Crippen LogP contribution in [-0.2, 0) is 14.6 Å². The lowest BCUT2D eigenvalue weighted by molar-refractivity contribution is -0.139. The molecule has 5 heteroatoms. The third-order valence-electron chi connectivity index (χ3n) is 1.95. The topological polar surface area (TPSA) is 71.4 Å². The van der Waals surface area contributed by atoms with Crippen LogP contribution in [0.3, 0.4) is 0 Å². The number of hydrogen-bond donors (Lipinski definition) is 1. The first-order valence-corrected chi connectivity index (χ1v) is 5.08. The minimum atomic E-state index is -3.51. The molecule has 0 spiro atoms. The van der Waals surface area contributed by atoms with Crippen LogP contribution in [0.2, 0.25) is 0 Å². The smallest absolute Gasteiger partial charge is 0.324 e. The van der Waals surface area contributed by atoms with Crippen molar-refractivity contribution in [2.24, 2.45) is 0 Å². The third kappa shape index (κ3) is 1.71. The Morgan fingerprint density at radius 3 is 1.91 bits per heavy atom. The number of aliphatic carboxylic acids is 1.